The number of allylic oxidation sites excluding steroid dienone is 1. The molecule has 2 nitrogen and oxygen atoms in total. The molecule has 4 rings (SSSR count). The van der Waals surface area contributed by atoms with Gasteiger partial charge < -0.3 is 5.32 Å². The Kier molecular flexibility index (Phi) is 2.61. The minimum Gasteiger partial charge on any atom is -0.352 e. The number of hydrogen-bond donors (Lipinski definition) is 1. The van der Waals surface area contributed by atoms with Crippen molar-refractivity contribution in [1.82, 2.24) is 0 Å². The summed E-state index contributed by atoms with van der Waals surface area (Å²) in [5.41, 5.74) is 3.31. The highest BCUT2D eigenvalue weighted by molar-refractivity contribution is 6.21. The first-order chi connectivity index (χ1) is 10.3. The van der Waals surface area contributed by atoms with Crippen molar-refractivity contribution in [3.8, 4) is 0 Å². The summed E-state index contributed by atoms with van der Waals surface area (Å²) in [6.45, 7) is 0. The smallest absolute Gasteiger partial charge is 0.211 e. The molecule has 0 spiro atoms. The van der Waals surface area contributed by atoms with Crippen LogP contribution in [0.5, 0.6) is 0 Å². The van der Waals surface area contributed by atoms with Gasteiger partial charge in [0, 0.05) is 11.3 Å². The lowest BCUT2D eigenvalue weighted by Crippen LogP contribution is -1.99. The van der Waals surface area contributed by atoms with Gasteiger partial charge in [0.2, 0.25) is 5.78 Å². The van der Waals surface area contributed by atoms with Gasteiger partial charge in [-0.15, -0.1) is 0 Å². The van der Waals surface area contributed by atoms with E-state index in [4.69, 9.17) is 0 Å². The van der Waals surface area contributed by atoms with Gasteiger partial charge in [0.15, 0.2) is 0 Å². The predicted octanol–water partition coefficient (Wildman–Crippen LogP) is 4.49. The van der Waals surface area contributed by atoms with Crippen LogP contribution in [0.15, 0.2) is 72.4 Å². The summed E-state index contributed by atoms with van der Waals surface area (Å²) in [4.78, 5) is 12.4. The number of ketones is 1. The monoisotopic (exact) mass is 271 g/mol. The Hall–Kier alpha value is -2.87. The van der Waals surface area contributed by atoms with Crippen molar-refractivity contribution < 1.29 is 4.79 Å². The van der Waals surface area contributed by atoms with Gasteiger partial charge in [-0.25, -0.2) is 0 Å². The van der Waals surface area contributed by atoms with E-state index in [2.05, 4.69) is 23.5 Å². The molecule has 0 unspecified atom stereocenters. The van der Waals surface area contributed by atoms with E-state index in [-0.39, 0.29) is 5.78 Å². The van der Waals surface area contributed by atoms with Gasteiger partial charge in [-0.05, 0) is 34.5 Å². The third kappa shape index (κ3) is 1.93. The average molecular weight is 271 g/mol. The van der Waals surface area contributed by atoms with E-state index in [0.29, 0.717) is 5.70 Å². The average Bonchev–Trinajstić information content (AvgIpc) is 2.85. The molecule has 0 aliphatic carbocycles. The Labute approximate surface area is 122 Å². The molecule has 1 N–H and O–H groups in total. The van der Waals surface area contributed by atoms with Crippen LogP contribution in [0.2, 0.25) is 0 Å². The van der Waals surface area contributed by atoms with Crippen LogP contribution in [0.3, 0.4) is 0 Å². The Bertz CT molecular complexity index is 887. The molecule has 1 aliphatic heterocycles. The van der Waals surface area contributed by atoms with E-state index in [1.807, 2.05) is 54.6 Å². The van der Waals surface area contributed by atoms with E-state index >= 15 is 0 Å². The first-order valence-electron chi connectivity index (χ1n) is 6.93. The molecule has 0 amide bonds. The number of rotatable bonds is 1. The zero-order chi connectivity index (χ0) is 14.2. The van der Waals surface area contributed by atoms with Crippen LogP contribution in [-0.4, -0.2) is 5.78 Å². The van der Waals surface area contributed by atoms with Crippen molar-refractivity contribution in [2.24, 2.45) is 0 Å². The van der Waals surface area contributed by atoms with Crippen molar-refractivity contribution in [2.45, 2.75) is 0 Å². The molecule has 0 fully saturated rings. The summed E-state index contributed by atoms with van der Waals surface area (Å²) in [5, 5.41) is 5.54. The number of Topliss-reactive ketones (excluding diaryl/α,β-unsaturated/α-hetero) is 1. The first kappa shape index (κ1) is 11.9. The van der Waals surface area contributed by atoms with E-state index in [0.717, 1.165) is 22.2 Å². The largest absolute Gasteiger partial charge is 0.352 e. The highest BCUT2D eigenvalue weighted by Gasteiger charge is 2.23. The van der Waals surface area contributed by atoms with Crippen LogP contribution in [0.1, 0.15) is 15.9 Å². The van der Waals surface area contributed by atoms with Crippen LogP contribution in [0, 0.1) is 0 Å². The highest BCUT2D eigenvalue weighted by atomic mass is 16.1. The number of benzene rings is 3. The van der Waals surface area contributed by atoms with Gasteiger partial charge in [-0.1, -0.05) is 54.6 Å². The first-order valence-corrected chi connectivity index (χ1v) is 6.93. The van der Waals surface area contributed by atoms with Crippen LogP contribution in [0.4, 0.5) is 5.69 Å². The number of carbonyl (C=O) groups is 1. The number of anilines is 1. The van der Waals surface area contributed by atoms with E-state index in [1.54, 1.807) is 0 Å². The lowest BCUT2D eigenvalue weighted by atomic mass is 10.0. The molecule has 1 heterocycles. The van der Waals surface area contributed by atoms with Gasteiger partial charge in [0.1, 0.15) is 0 Å². The fraction of sp³-hybridized carbons (Fsp3) is 0. The van der Waals surface area contributed by atoms with Crippen LogP contribution in [0.25, 0.3) is 16.8 Å². The molecule has 0 atom stereocenters. The summed E-state index contributed by atoms with van der Waals surface area (Å²) in [7, 11) is 0. The summed E-state index contributed by atoms with van der Waals surface area (Å²) in [6, 6.07) is 21.9. The summed E-state index contributed by atoms with van der Waals surface area (Å²) in [5.74, 6) is 0.0542. The lowest BCUT2D eigenvalue weighted by molar-refractivity contribution is 0.104. The maximum atomic E-state index is 12.4. The number of fused-ring (bicyclic) bond motifs is 2. The molecule has 0 bridgehead atoms. The second-order valence-corrected chi connectivity index (χ2v) is 5.13. The number of hydrogen-bond acceptors (Lipinski definition) is 2. The molecular weight excluding hydrogens is 258 g/mol. The normalized spacial score (nSPS) is 15.2. The topological polar surface area (TPSA) is 29.1 Å². The van der Waals surface area contributed by atoms with Crippen molar-refractivity contribution in [3.05, 3.63) is 83.6 Å². The minimum absolute atomic E-state index is 0.0542. The van der Waals surface area contributed by atoms with E-state index < -0.39 is 0 Å². The fourth-order valence-corrected chi connectivity index (χ4v) is 2.77. The van der Waals surface area contributed by atoms with Crippen LogP contribution < -0.4 is 5.32 Å². The zero-order valence-corrected chi connectivity index (χ0v) is 11.3. The number of para-hydroxylation sites is 1. The molecule has 0 radical (unpaired) electrons. The van der Waals surface area contributed by atoms with Gasteiger partial charge in [0.25, 0.3) is 0 Å². The Morgan fingerprint density at radius 2 is 1.57 bits per heavy atom. The minimum atomic E-state index is 0.0542. The van der Waals surface area contributed by atoms with Crippen LogP contribution in [-0.2, 0) is 0 Å². The van der Waals surface area contributed by atoms with Gasteiger partial charge in [0.05, 0.1) is 5.70 Å². The second kappa shape index (κ2) is 4.60. The third-order valence-electron chi connectivity index (χ3n) is 3.81. The lowest BCUT2D eigenvalue weighted by Gasteiger charge is -2.03. The van der Waals surface area contributed by atoms with Crippen LogP contribution >= 0.6 is 0 Å². The molecule has 21 heavy (non-hydrogen) atoms. The second-order valence-electron chi connectivity index (χ2n) is 5.13. The Balaban J connectivity index is 1.84. The molecule has 0 aromatic heterocycles. The standard InChI is InChI=1S/C19H13NO/c21-19-16-10-3-4-11-17(16)20-18(19)12-14-8-5-7-13-6-1-2-9-15(13)14/h1-12,20H/b18-12+. The summed E-state index contributed by atoms with van der Waals surface area (Å²) >= 11 is 0. The third-order valence-corrected chi connectivity index (χ3v) is 3.81. The van der Waals surface area contributed by atoms with Gasteiger partial charge in [-0.3, -0.25) is 4.79 Å². The molecule has 3 aromatic carbocycles. The number of carbonyl (C=O) groups excluding carboxylic acids is 1. The number of nitrogens with one attached hydrogen (secondary N) is 1. The van der Waals surface area contributed by atoms with Crippen molar-refractivity contribution in [1.29, 1.82) is 0 Å². The molecule has 2 heteroatoms. The SMILES string of the molecule is O=C1/C(=C\c2cccc3ccccc23)Nc2ccccc21. The predicted molar refractivity (Wildman–Crippen MR) is 86.3 cm³/mol. The molecule has 0 saturated carbocycles. The van der Waals surface area contributed by atoms with Crippen molar-refractivity contribution >= 4 is 28.3 Å². The zero-order valence-electron chi connectivity index (χ0n) is 11.3. The summed E-state index contributed by atoms with van der Waals surface area (Å²) in [6.07, 6.45) is 1.94. The van der Waals surface area contributed by atoms with Gasteiger partial charge in [-0.2, -0.15) is 0 Å². The molecule has 0 saturated heterocycles. The Morgan fingerprint density at radius 3 is 2.48 bits per heavy atom. The fourth-order valence-electron chi connectivity index (χ4n) is 2.77. The molecule has 1 aliphatic rings. The molecule has 3 aromatic rings. The molecule has 100 valence electrons. The highest BCUT2D eigenvalue weighted by Crippen LogP contribution is 2.30. The maximum absolute atomic E-state index is 12.4. The summed E-state index contributed by atoms with van der Waals surface area (Å²) < 4.78 is 0. The van der Waals surface area contributed by atoms with E-state index in [9.17, 15) is 4.79 Å². The quantitative estimate of drug-likeness (QED) is 0.661. The van der Waals surface area contributed by atoms with Gasteiger partial charge >= 0.3 is 0 Å². The van der Waals surface area contributed by atoms with E-state index in [1.165, 1.54) is 5.39 Å². The van der Waals surface area contributed by atoms with Crippen molar-refractivity contribution in [2.75, 3.05) is 5.32 Å². The van der Waals surface area contributed by atoms with Crippen molar-refractivity contribution in [3.63, 3.8) is 0 Å². The Morgan fingerprint density at radius 1 is 0.810 bits per heavy atom. The molecular formula is C19H13NO. The maximum Gasteiger partial charge on any atom is 0.211 e.